The molecule has 2 aliphatic rings. The summed E-state index contributed by atoms with van der Waals surface area (Å²) in [6, 6.07) is 7.74. The van der Waals surface area contributed by atoms with Crippen molar-refractivity contribution in [2.45, 2.75) is 25.7 Å². The number of rotatable bonds is 5. The van der Waals surface area contributed by atoms with Crippen LogP contribution in [-0.4, -0.2) is 53.9 Å². The van der Waals surface area contributed by atoms with Gasteiger partial charge in [-0.15, -0.1) is 0 Å². The Morgan fingerprint density at radius 2 is 1.96 bits per heavy atom. The van der Waals surface area contributed by atoms with Crippen LogP contribution in [0.25, 0.3) is 0 Å². The lowest BCUT2D eigenvalue weighted by atomic mass is 10.1. The smallest absolute Gasteiger partial charge is 0.271 e. The first kappa shape index (κ1) is 16.4. The number of benzene rings is 1. The zero-order chi connectivity index (χ0) is 16.9. The second kappa shape index (κ2) is 7.44. The number of hydrazone groups is 1. The highest BCUT2D eigenvalue weighted by atomic mass is 16.3. The summed E-state index contributed by atoms with van der Waals surface area (Å²) < 4.78 is 0. The molecule has 1 aromatic rings. The molecule has 0 saturated carbocycles. The van der Waals surface area contributed by atoms with Gasteiger partial charge in [-0.2, -0.15) is 5.10 Å². The van der Waals surface area contributed by atoms with Crippen molar-refractivity contribution < 1.29 is 14.7 Å². The van der Waals surface area contributed by atoms with Gasteiger partial charge in [-0.25, -0.2) is 5.01 Å². The molecule has 0 aromatic heterocycles. The fourth-order valence-electron chi connectivity index (χ4n) is 3.04. The van der Waals surface area contributed by atoms with Crippen molar-refractivity contribution in [1.82, 2.24) is 5.01 Å². The van der Waals surface area contributed by atoms with E-state index in [-0.39, 0.29) is 31.4 Å². The number of para-hydroxylation sites is 2. The van der Waals surface area contributed by atoms with E-state index in [0.29, 0.717) is 12.1 Å². The van der Waals surface area contributed by atoms with Crippen LogP contribution >= 0.6 is 0 Å². The fraction of sp³-hybridized carbons (Fsp3) is 0.471. The quantitative estimate of drug-likeness (QED) is 0.849. The molecule has 0 aliphatic carbocycles. The van der Waals surface area contributed by atoms with Gasteiger partial charge in [-0.3, -0.25) is 9.59 Å². The van der Waals surface area contributed by atoms with E-state index in [1.54, 1.807) is 0 Å². The minimum atomic E-state index is -0.294. The van der Waals surface area contributed by atoms with Gasteiger partial charge in [-0.1, -0.05) is 12.1 Å². The molecule has 1 saturated heterocycles. The molecule has 0 atom stereocenters. The molecular weight excluding hydrogens is 308 g/mol. The number of nitrogens with zero attached hydrogens (tertiary/aromatic N) is 3. The number of anilines is 2. The van der Waals surface area contributed by atoms with Crippen molar-refractivity contribution >= 4 is 28.9 Å². The molecule has 0 unspecified atom stereocenters. The molecule has 3 rings (SSSR count). The summed E-state index contributed by atoms with van der Waals surface area (Å²) in [6.07, 6.45) is 2.87. The first-order valence-electron chi connectivity index (χ1n) is 8.33. The van der Waals surface area contributed by atoms with Gasteiger partial charge in [0.25, 0.3) is 5.91 Å². The Labute approximate surface area is 140 Å². The molecule has 0 radical (unpaired) electrons. The van der Waals surface area contributed by atoms with Crippen LogP contribution in [-0.2, 0) is 9.59 Å². The third-order valence-electron chi connectivity index (χ3n) is 4.28. The Bertz CT molecular complexity index is 653. The van der Waals surface area contributed by atoms with Crippen molar-refractivity contribution in [3.63, 3.8) is 0 Å². The molecule has 128 valence electrons. The van der Waals surface area contributed by atoms with E-state index < -0.39 is 0 Å². The monoisotopic (exact) mass is 330 g/mol. The summed E-state index contributed by atoms with van der Waals surface area (Å²) >= 11 is 0. The highest BCUT2D eigenvalue weighted by Gasteiger charge is 2.25. The van der Waals surface area contributed by atoms with E-state index in [0.717, 1.165) is 37.3 Å². The van der Waals surface area contributed by atoms with Gasteiger partial charge in [0.05, 0.1) is 24.5 Å². The summed E-state index contributed by atoms with van der Waals surface area (Å²) in [4.78, 5) is 26.5. The first-order valence-corrected chi connectivity index (χ1v) is 8.33. The van der Waals surface area contributed by atoms with Gasteiger partial charge in [-0.05, 0) is 25.0 Å². The molecule has 24 heavy (non-hydrogen) atoms. The van der Waals surface area contributed by atoms with E-state index in [4.69, 9.17) is 5.11 Å². The molecule has 7 heteroatoms. The highest BCUT2D eigenvalue weighted by Crippen LogP contribution is 2.28. The Morgan fingerprint density at radius 1 is 1.21 bits per heavy atom. The van der Waals surface area contributed by atoms with Gasteiger partial charge in [0, 0.05) is 25.9 Å². The Hall–Kier alpha value is -2.41. The Morgan fingerprint density at radius 3 is 2.71 bits per heavy atom. The van der Waals surface area contributed by atoms with Crippen LogP contribution in [0, 0.1) is 0 Å². The van der Waals surface area contributed by atoms with Crippen LogP contribution in [0.1, 0.15) is 25.7 Å². The topological polar surface area (TPSA) is 85.2 Å². The molecule has 1 aromatic carbocycles. The van der Waals surface area contributed by atoms with Crippen molar-refractivity contribution in [1.29, 1.82) is 0 Å². The van der Waals surface area contributed by atoms with Crippen molar-refractivity contribution in [3.8, 4) is 0 Å². The molecule has 2 N–H and O–H groups in total. The SMILES string of the molecule is O=C(Nc1ccccc1N1CCCC1)C1=NN(CCO)C(=O)CC1. The van der Waals surface area contributed by atoms with Crippen molar-refractivity contribution in [2.75, 3.05) is 36.5 Å². The molecule has 0 bridgehead atoms. The molecule has 0 spiro atoms. The van der Waals surface area contributed by atoms with Crippen molar-refractivity contribution in [2.24, 2.45) is 5.10 Å². The minimum absolute atomic E-state index is 0.111. The van der Waals surface area contributed by atoms with E-state index in [1.807, 2.05) is 24.3 Å². The fourth-order valence-corrected chi connectivity index (χ4v) is 3.04. The normalized spacial score (nSPS) is 17.9. The predicted molar refractivity (Wildman–Crippen MR) is 92.0 cm³/mol. The number of hydrogen-bond donors (Lipinski definition) is 2. The van der Waals surface area contributed by atoms with E-state index >= 15 is 0 Å². The number of nitrogens with one attached hydrogen (secondary N) is 1. The highest BCUT2D eigenvalue weighted by molar-refractivity contribution is 6.43. The number of carbonyl (C=O) groups excluding carboxylic acids is 2. The number of β-amino-alcohol motifs (C(OH)–C–C–N with tert-alkyl or cyclic N) is 1. The molecule has 2 heterocycles. The lowest BCUT2D eigenvalue weighted by molar-refractivity contribution is -0.132. The molecule has 7 nitrogen and oxygen atoms in total. The maximum atomic E-state index is 12.5. The van der Waals surface area contributed by atoms with Crippen LogP contribution in [0.4, 0.5) is 11.4 Å². The average molecular weight is 330 g/mol. The largest absolute Gasteiger partial charge is 0.394 e. The minimum Gasteiger partial charge on any atom is -0.394 e. The van der Waals surface area contributed by atoms with Gasteiger partial charge in [0.1, 0.15) is 5.71 Å². The predicted octanol–water partition coefficient (Wildman–Crippen LogP) is 1.20. The maximum Gasteiger partial charge on any atom is 0.271 e. The van der Waals surface area contributed by atoms with Crippen LogP contribution in [0.2, 0.25) is 0 Å². The molecule has 2 amide bonds. The third kappa shape index (κ3) is 3.56. The van der Waals surface area contributed by atoms with E-state index in [2.05, 4.69) is 15.3 Å². The molecule has 1 fully saturated rings. The first-order chi connectivity index (χ1) is 11.7. The van der Waals surface area contributed by atoms with Gasteiger partial charge >= 0.3 is 0 Å². The molecule has 2 aliphatic heterocycles. The van der Waals surface area contributed by atoms with Gasteiger partial charge in [0.15, 0.2) is 0 Å². The summed E-state index contributed by atoms with van der Waals surface area (Å²) in [5.41, 5.74) is 2.10. The Balaban J connectivity index is 1.75. The lowest BCUT2D eigenvalue weighted by Gasteiger charge is -2.24. The lowest BCUT2D eigenvalue weighted by Crippen LogP contribution is -2.37. The second-order valence-corrected chi connectivity index (χ2v) is 5.95. The van der Waals surface area contributed by atoms with Crippen LogP contribution in [0.3, 0.4) is 0 Å². The standard InChI is InChI=1S/C17H22N4O3/c22-12-11-21-16(23)8-7-14(19-21)17(24)18-13-5-1-2-6-15(13)20-9-3-4-10-20/h1-2,5-6,22H,3-4,7-12H2,(H,18,24). The maximum absolute atomic E-state index is 12.5. The third-order valence-corrected chi connectivity index (χ3v) is 4.28. The molecular formula is C17H22N4O3. The summed E-state index contributed by atoms with van der Waals surface area (Å²) in [5, 5.41) is 17.2. The van der Waals surface area contributed by atoms with Crippen molar-refractivity contribution in [3.05, 3.63) is 24.3 Å². The van der Waals surface area contributed by atoms with Crippen LogP contribution in [0.15, 0.2) is 29.4 Å². The Kier molecular flexibility index (Phi) is 5.10. The van der Waals surface area contributed by atoms with Gasteiger partial charge < -0.3 is 15.3 Å². The van der Waals surface area contributed by atoms with E-state index in [9.17, 15) is 9.59 Å². The number of carbonyl (C=O) groups is 2. The zero-order valence-electron chi connectivity index (χ0n) is 13.6. The van der Waals surface area contributed by atoms with E-state index in [1.165, 1.54) is 5.01 Å². The average Bonchev–Trinajstić information content (AvgIpc) is 3.12. The van der Waals surface area contributed by atoms with Crippen LogP contribution in [0.5, 0.6) is 0 Å². The number of aliphatic hydroxyl groups excluding tert-OH is 1. The van der Waals surface area contributed by atoms with Gasteiger partial charge in [0.2, 0.25) is 5.91 Å². The summed E-state index contributed by atoms with van der Waals surface area (Å²) in [5.74, 6) is -0.463. The number of hydrogen-bond acceptors (Lipinski definition) is 5. The number of amides is 2. The second-order valence-electron chi connectivity index (χ2n) is 5.95. The van der Waals surface area contributed by atoms with Crippen LogP contribution < -0.4 is 10.2 Å². The zero-order valence-corrected chi connectivity index (χ0v) is 13.6. The number of aliphatic hydroxyl groups is 1. The summed E-state index contributed by atoms with van der Waals surface area (Å²) in [6.45, 7) is 1.92. The summed E-state index contributed by atoms with van der Waals surface area (Å²) in [7, 11) is 0.